The molecule has 0 unspecified atom stereocenters. The molecule has 0 aliphatic carbocycles. The number of ether oxygens (including phenoxy) is 1. The highest BCUT2D eigenvalue weighted by atomic mass is 16.5. The molecule has 0 radical (unpaired) electrons. The summed E-state index contributed by atoms with van der Waals surface area (Å²) in [6.45, 7) is 7.66. The van der Waals surface area contributed by atoms with Crippen molar-refractivity contribution in [1.29, 1.82) is 0 Å². The second-order valence-electron chi connectivity index (χ2n) is 5.91. The number of carbonyl (C=O) groups is 2. The first-order valence-electron chi connectivity index (χ1n) is 7.72. The van der Waals surface area contributed by atoms with Crippen LogP contribution < -0.4 is 15.6 Å². The van der Waals surface area contributed by atoms with Gasteiger partial charge >= 0.3 is 0 Å². The van der Waals surface area contributed by atoms with Gasteiger partial charge in [0.2, 0.25) is 0 Å². The van der Waals surface area contributed by atoms with Gasteiger partial charge in [-0.05, 0) is 74.2 Å². The van der Waals surface area contributed by atoms with Gasteiger partial charge < -0.3 is 4.74 Å². The Balaban J connectivity index is 1.84. The van der Waals surface area contributed by atoms with Gasteiger partial charge in [-0.3, -0.25) is 20.4 Å². The first kappa shape index (κ1) is 17.5. The highest BCUT2D eigenvalue weighted by Crippen LogP contribution is 2.15. The van der Waals surface area contributed by atoms with Crippen molar-refractivity contribution in [2.45, 2.75) is 27.7 Å². The molecule has 24 heavy (non-hydrogen) atoms. The van der Waals surface area contributed by atoms with E-state index in [2.05, 4.69) is 10.9 Å². The topological polar surface area (TPSA) is 67.4 Å². The quantitative estimate of drug-likeness (QED) is 0.849. The summed E-state index contributed by atoms with van der Waals surface area (Å²) in [4.78, 5) is 23.8. The fourth-order valence-corrected chi connectivity index (χ4v) is 2.28. The van der Waals surface area contributed by atoms with E-state index in [4.69, 9.17) is 4.74 Å². The van der Waals surface area contributed by atoms with Crippen molar-refractivity contribution in [2.24, 2.45) is 0 Å². The van der Waals surface area contributed by atoms with E-state index >= 15 is 0 Å². The van der Waals surface area contributed by atoms with E-state index in [1.54, 1.807) is 12.1 Å². The molecule has 2 aromatic rings. The lowest BCUT2D eigenvalue weighted by Crippen LogP contribution is -2.43. The van der Waals surface area contributed by atoms with Crippen LogP contribution in [0.2, 0.25) is 0 Å². The summed E-state index contributed by atoms with van der Waals surface area (Å²) in [5.41, 5.74) is 9.49. The third-order valence-corrected chi connectivity index (χ3v) is 3.65. The van der Waals surface area contributed by atoms with Gasteiger partial charge in [0.15, 0.2) is 6.61 Å². The lowest BCUT2D eigenvalue weighted by atomic mass is 10.1. The second kappa shape index (κ2) is 7.64. The fourth-order valence-electron chi connectivity index (χ4n) is 2.28. The van der Waals surface area contributed by atoms with Crippen LogP contribution in [0.5, 0.6) is 5.75 Å². The van der Waals surface area contributed by atoms with Crippen molar-refractivity contribution in [3.8, 4) is 5.75 Å². The Kier molecular flexibility index (Phi) is 5.58. The highest BCUT2D eigenvalue weighted by molar-refractivity contribution is 5.95. The minimum atomic E-state index is -0.425. The molecule has 5 nitrogen and oxygen atoms in total. The average Bonchev–Trinajstić information content (AvgIpc) is 2.52. The molecule has 2 aromatic carbocycles. The zero-order chi connectivity index (χ0) is 17.7. The molecule has 5 heteroatoms. The smallest absolute Gasteiger partial charge is 0.276 e. The predicted octanol–water partition coefficient (Wildman–Crippen LogP) is 2.76. The van der Waals surface area contributed by atoms with Gasteiger partial charge in [0, 0.05) is 5.56 Å². The lowest BCUT2D eigenvalue weighted by Gasteiger charge is -2.10. The zero-order valence-electron chi connectivity index (χ0n) is 14.4. The summed E-state index contributed by atoms with van der Waals surface area (Å²) in [6.07, 6.45) is 0. The van der Waals surface area contributed by atoms with Crippen LogP contribution in [0.25, 0.3) is 0 Å². The molecule has 0 heterocycles. The van der Waals surface area contributed by atoms with E-state index in [0.29, 0.717) is 11.3 Å². The summed E-state index contributed by atoms with van der Waals surface area (Å²) in [6, 6.07) is 11.1. The molecule has 0 aliphatic heterocycles. The van der Waals surface area contributed by atoms with E-state index in [1.165, 1.54) is 0 Å². The number of carbonyl (C=O) groups excluding carboxylic acids is 2. The molecule has 0 saturated heterocycles. The van der Waals surface area contributed by atoms with Gasteiger partial charge in [0.25, 0.3) is 11.8 Å². The minimum Gasteiger partial charge on any atom is -0.484 e. The number of rotatable bonds is 4. The number of hydrogen-bond acceptors (Lipinski definition) is 3. The van der Waals surface area contributed by atoms with Crippen LogP contribution in [-0.4, -0.2) is 18.4 Å². The Bertz CT molecular complexity index is 749. The van der Waals surface area contributed by atoms with Crippen LogP contribution in [0.1, 0.15) is 32.6 Å². The standard InChI is InChI=1S/C19H22N2O3/c1-12-7-13(2)9-17(8-12)24-11-18(22)20-21-19(23)16-6-5-14(3)15(4)10-16/h5-10H,11H2,1-4H3,(H,20,22)(H,21,23). The van der Waals surface area contributed by atoms with Crippen molar-refractivity contribution in [3.05, 3.63) is 64.2 Å². The van der Waals surface area contributed by atoms with Crippen LogP contribution in [0.3, 0.4) is 0 Å². The highest BCUT2D eigenvalue weighted by Gasteiger charge is 2.09. The van der Waals surface area contributed by atoms with Crippen molar-refractivity contribution in [1.82, 2.24) is 10.9 Å². The van der Waals surface area contributed by atoms with Crippen LogP contribution >= 0.6 is 0 Å². The summed E-state index contributed by atoms with van der Waals surface area (Å²) in [5.74, 6) is -0.160. The van der Waals surface area contributed by atoms with Crippen molar-refractivity contribution >= 4 is 11.8 Å². The molecule has 0 fully saturated rings. The Labute approximate surface area is 142 Å². The molecular weight excluding hydrogens is 304 g/mol. The van der Waals surface area contributed by atoms with Crippen LogP contribution in [0.15, 0.2) is 36.4 Å². The van der Waals surface area contributed by atoms with Crippen LogP contribution in [0.4, 0.5) is 0 Å². The average molecular weight is 326 g/mol. The third kappa shape index (κ3) is 4.84. The summed E-state index contributed by atoms with van der Waals surface area (Å²) in [7, 11) is 0. The number of hydrogen-bond donors (Lipinski definition) is 2. The molecule has 2 N–H and O–H groups in total. The van der Waals surface area contributed by atoms with Gasteiger partial charge in [-0.1, -0.05) is 12.1 Å². The van der Waals surface area contributed by atoms with E-state index in [9.17, 15) is 9.59 Å². The Morgan fingerprint density at radius 2 is 1.54 bits per heavy atom. The van der Waals surface area contributed by atoms with Gasteiger partial charge in [-0.2, -0.15) is 0 Å². The molecule has 0 bridgehead atoms. The van der Waals surface area contributed by atoms with E-state index in [-0.39, 0.29) is 12.5 Å². The molecule has 0 aromatic heterocycles. The van der Waals surface area contributed by atoms with Gasteiger partial charge in [-0.15, -0.1) is 0 Å². The molecule has 0 saturated carbocycles. The van der Waals surface area contributed by atoms with E-state index in [0.717, 1.165) is 22.3 Å². The van der Waals surface area contributed by atoms with Crippen molar-refractivity contribution in [2.75, 3.05) is 6.61 Å². The first-order chi connectivity index (χ1) is 11.3. The maximum absolute atomic E-state index is 12.0. The zero-order valence-corrected chi connectivity index (χ0v) is 14.4. The minimum absolute atomic E-state index is 0.171. The molecule has 0 aliphatic rings. The van der Waals surface area contributed by atoms with Crippen molar-refractivity contribution in [3.63, 3.8) is 0 Å². The predicted molar refractivity (Wildman–Crippen MR) is 92.9 cm³/mol. The van der Waals surface area contributed by atoms with Crippen LogP contribution in [0, 0.1) is 27.7 Å². The lowest BCUT2D eigenvalue weighted by molar-refractivity contribution is -0.123. The third-order valence-electron chi connectivity index (χ3n) is 3.65. The maximum atomic E-state index is 12.0. The van der Waals surface area contributed by atoms with Gasteiger partial charge in [-0.25, -0.2) is 0 Å². The number of nitrogens with one attached hydrogen (secondary N) is 2. The Morgan fingerprint density at radius 1 is 0.875 bits per heavy atom. The number of benzene rings is 2. The molecule has 2 rings (SSSR count). The molecule has 0 atom stereocenters. The largest absolute Gasteiger partial charge is 0.484 e. The second-order valence-corrected chi connectivity index (χ2v) is 5.91. The molecule has 2 amide bonds. The normalized spacial score (nSPS) is 10.2. The summed E-state index contributed by atoms with van der Waals surface area (Å²) < 4.78 is 5.44. The monoisotopic (exact) mass is 326 g/mol. The van der Waals surface area contributed by atoms with Gasteiger partial charge in [0.1, 0.15) is 5.75 Å². The number of amides is 2. The Hall–Kier alpha value is -2.82. The fraction of sp³-hybridized carbons (Fsp3) is 0.263. The molecular formula is C19H22N2O3. The number of aryl methyl sites for hydroxylation is 4. The van der Waals surface area contributed by atoms with Gasteiger partial charge in [0.05, 0.1) is 0 Å². The Morgan fingerprint density at radius 3 is 2.17 bits per heavy atom. The first-order valence-corrected chi connectivity index (χ1v) is 7.72. The summed E-state index contributed by atoms with van der Waals surface area (Å²) >= 11 is 0. The molecule has 0 spiro atoms. The maximum Gasteiger partial charge on any atom is 0.276 e. The van der Waals surface area contributed by atoms with E-state index < -0.39 is 5.91 Å². The van der Waals surface area contributed by atoms with Crippen molar-refractivity contribution < 1.29 is 14.3 Å². The van der Waals surface area contributed by atoms with Crippen LogP contribution in [-0.2, 0) is 4.79 Å². The SMILES string of the molecule is Cc1cc(C)cc(OCC(=O)NNC(=O)c2ccc(C)c(C)c2)c1. The van der Waals surface area contributed by atoms with E-state index in [1.807, 2.05) is 52.0 Å². The number of hydrazine groups is 1. The molecule has 126 valence electrons. The summed E-state index contributed by atoms with van der Waals surface area (Å²) in [5, 5.41) is 0.